The second-order valence-electron chi connectivity index (χ2n) is 2.41. The molecular formula is C8H8IO3P. The van der Waals surface area contributed by atoms with Crippen LogP contribution in [0.4, 0.5) is 0 Å². The van der Waals surface area contributed by atoms with Crippen molar-refractivity contribution in [3.8, 4) is 11.5 Å². The minimum atomic E-state index is -0.152. The standard InChI is InChI=1S/C8H8IO3P/c1-5(10)7-3-2-6(12-13-9)4-8(7)11/h2-4,11,13H,1H3. The molecule has 0 aliphatic heterocycles. The van der Waals surface area contributed by atoms with Gasteiger partial charge < -0.3 is 9.63 Å². The Labute approximate surface area is 90.8 Å². The number of Topliss-reactive ketones (excluding diaryl/α,β-unsaturated/α-hetero) is 1. The molecule has 0 spiro atoms. The van der Waals surface area contributed by atoms with E-state index < -0.39 is 0 Å². The summed E-state index contributed by atoms with van der Waals surface area (Å²) < 4.78 is 5.16. The zero-order valence-corrected chi connectivity index (χ0v) is 10.0. The van der Waals surface area contributed by atoms with Crippen molar-refractivity contribution < 1.29 is 14.4 Å². The first kappa shape index (κ1) is 10.7. The highest BCUT2D eigenvalue weighted by molar-refractivity contribution is 14.2. The Morgan fingerprint density at radius 2 is 2.31 bits per heavy atom. The third kappa shape index (κ3) is 2.81. The second-order valence-corrected chi connectivity index (χ2v) is 4.09. The number of halogens is 1. The average molecular weight is 310 g/mol. The van der Waals surface area contributed by atoms with E-state index in [1.54, 1.807) is 12.1 Å². The van der Waals surface area contributed by atoms with Crippen LogP contribution in [0, 0.1) is 0 Å². The lowest BCUT2D eigenvalue weighted by Gasteiger charge is -2.04. The fourth-order valence-electron chi connectivity index (χ4n) is 0.917. The van der Waals surface area contributed by atoms with Gasteiger partial charge in [0.15, 0.2) is 5.78 Å². The molecular weight excluding hydrogens is 302 g/mol. The minimum Gasteiger partial charge on any atom is -0.507 e. The van der Waals surface area contributed by atoms with E-state index in [0.717, 1.165) is 0 Å². The molecule has 0 saturated heterocycles. The van der Waals surface area contributed by atoms with E-state index in [4.69, 9.17) is 4.52 Å². The number of phenolic OH excluding ortho intramolecular Hbond substituents is 1. The van der Waals surface area contributed by atoms with Crippen LogP contribution in [-0.2, 0) is 0 Å². The lowest BCUT2D eigenvalue weighted by Crippen LogP contribution is -1.92. The van der Waals surface area contributed by atoms with E-state index in [-0.39, 0.29) is 11.5 Å². The second kappa shape index (κ2) is 4.77. The van der Waals surface area contributed by atoms with Gasteiger partial charge in [-0.3, -0.25) is 4.79 Å². The van der Waals surface area contributed by atoms with Crippen molar-refractivity contribution in [3.05, 3.63) is 23.8 Å². The molecule has 0 fully saturated rings. The Morgan fingerprint density at radius 1 is 1.62 bits per heavy atom. The fourth-order valence-corrected chi connectivity index (χ4v) is 1.90. The molecule has 0 saturated carbocycles. The summed E-state index contributed by atoms with van der Waals surface area (Å²) in [4.78, 5) is 10.9. The molecule has 3 nitrogen and oxygen atoms in total. The highest BCUT2D eigenvalue weighted by Gasteiger charge is 2.06. The number of hydrogen-bond donors (Lipinski definition) is 1. The number of hydrogen-bond acceptors (Lipinski definition) is 3. The Morgan fingerprint density at radius 3 is 2.77 bits per heavy atom. The number of carbonyl (C=O) groups excluding carboxylic acids is 1. The van der Waals surface area contributed by atoms with Gasteiger partial charge in [0.2, 0.25) is 0 Å². The van der Waals surface area contributed by atoms with Gasteiger partial charge in [-0.25, -0.2) is 0 Å². The zero-order valence-electron chi connectivity index (χ0n) is 6.87. The van der Waals surface area contributed by atoms with Crippen LogP contribution in [-0.4, -0.2) is 10.9 Å². The van der Waals surface area contributed by atoms with Crippen LogP contribution >= 0.6 is 28.5 Å². The zero-order chi connectivity index (χ0) is 9.84. The van der Waals surface area contributed by atoms with Crippen molar-refractivity contribution in [2.45, 2.75) is 6.92 Å². The predicted molar refractivity (Wildman–Crippen MR) is 61.1 cm³/mol. The molecule has 0 bridgehead atoms. The van der Waals surface area contributed by atoms with Gasteiger partial charge in [0, 0.05) is 6.07 Å². The highest BCUT2D eigenvalue weighted by atomic mass is 127. The van der Waals surface area contributed by atoms with Crippen LogP contribution in [0.2, 0.25) is 0 Å². The first-order valence-corrected chi connectivity index (χ1v) is 7.54. The van der Waals surface area contributed by atoms with Crippen molar-refractivity contribution in [2.24, 2.45) is 0 Å². The number of rotatable bonds is 3. The van der Waals surface area contributed by atoms with Crippen LogP contribution in [0.25, 0.3) is 0 Å². The maximum Gasteiger partial charge on any atom is 0.163 e. The lowest BCUT2D eigenvalue weighted by atomic mass is 10.1. The van der Waals surface area contributed by atoms with Crippen molar-refractivity contribution in [2.75, 3.05) is 0 Å². The molecule has 1 aromatic rings. The monoisotopic (exact) mass is 310 g/mol. The molecule has 0 aliphatic rings. The van der Waals surface area contributed by atoms with Gasteiger partial charge in [0.1, 0.15) is 17.9 Å². The molecule has 13 heavy (non-hydrogen) atoms. The van der Waals surface area contributed by atoms with Crippen molar-refractivity contribution >= 4 is 34.3 Å². The first-order chi connectivity index (χ1) is 6.15. The maximum absolute atomic E-state index is 10.9. The first-order valence-electron chi connectivity index (χ1n) is 3.51. The number of aromatic hydroxyl groups is 1. The third-order valence-corrected chi connectivity index (χ3v) is 2.48. The average Bonchev–Trinajstić information content (AvgIpc) is 2.04. The summed E-state index contributed by atoms with van der Waals surface area (Å²) in [7, 11) is 0. The molecule has 1 unspecified atom stereocenters. The largest absolute Gasteiger partial charge is 0.507 e. The molecule has 1 aromatic carbocycles. The van der Waals surface area contributed by atoms with E-state index in [9.17, 15) is 9.90 Å². The SMILES string of the molecule is CC(=O)c1ccc(OPI)cc1O. The summed E-state index contributed by atoms with van der Waals surface area (Å²) in [5.41, 5.74) is 0.323. The van der Waals surface area contributed by atoms with Crippen LogP contribution in [0.1, 0.15) is 17.3 Å². The van der Waals surface area contributed by atoms with Gasteiger partial charge >= 0.3 is 0 Å². The molecule has 0 heterocycles. The molecule has 70 valence electrons. The van der Waals surface area contributed by atoms with Crippen molar-refractivity contribution in [1.82, 2.24) is 0 Å². The fraction of sp³-hybridized carbons (Fsp3) is 0.125. The summed E-state index contributed by atoms with van der Waals surface area (Å²) in [6.45, 7) is 1.71. The Kier molecular flexibility index (Phi) is 3.93. The van der Waals surface area contributed by atoms with Crippen LogP contribution in [0.15, 0.2) is 18.2 Å². The molecule has 1 N–H and O–H groups in total. The number of benzene rings is 1. The van der Waals surface area contributed by atoms with Gasteiger partial charge in [-0.05, 0) is 41.1 Å². The molecule has 0 aliphatic carbocycles. The molecule has 1 rings (SSSR count). The van der Waals surface area contributed by atoms with Gasteiger partial charge in [-0.2, -0.15) is 0 Å². The van der Waals surface area contributed by atoms with E-state index in [2.05, 4.69) is 22.0 Å². The lowest BCUT2D eigenvalue weighted by molar-refractivity contribution is 0.101. The topological polar surface area (TPSA) is 46.5 Å². The highest BCUT2D eigenvalue weighted by Crippen LogP contribution is 2.30. The molecule has 1 atom stereocenters. The quantitative estimate of drug-likeness (QED) is 0.530. The number of ketones is 1. The van der Waals surface area contributed by atoms with Crippen molar-refractivity contribution in [3.63, 3.8) is 0 Å². The molecule has 5 heteroatoms. The maximum atomic E-state index is 10.9. The van der Waals surface area contributed by atoms with Crippen LogP contribution in [0.5, 0.6) is 11.5 Å². The smallest absolute Gasteiger partial charge is 0.163 e. The Balaban J connectivity index is 2.98. The summed E-state index contributed by atoms with van der Waals surface area (Å²) >= 11 is 2.08. The van der Waals surface area contributed by atoms with Gasteiger partial charge in [-0.15, -0.1) is 0 Å². The number of phenols is 1. The van der Waals surface area contributed by atoms with Gasteiger partial charge in [0.25, 0.3) is 0 Å². The Hall–Kier alpha value is -0.350. The van der Waals surface area contributed by atoms with Gasteiger partial charge in [-0.1, -0.05) is 0 Å². The van der Waals surface area contributed by atoms with Crippen LogP contribution < -0.4 is 4.52 Å². The summed E-state index contributed by atoms with van der Waals surface area (Å²) in [6, 6.07) is 4.67. The predicted octanol–water partition coefficient (Wildman–Crippen LogP) is 2.92. The number of carbonyl (C=O) groups is 1. The Bertz CT molecular complexity index is 327. The van der Waals surface area contributed by atoms with E-state index in [1.165, 1.54) is 13.0 Å². The minimum absolute atomic E-state index is 0.0281. The third-order valence-electron chi connectivity index (χ3n) is 1.50. The summed E-state index contributed by atoms with van der Waals surface area (Å²) in [5, 5.41) is 9.39. The summed E-state index contributed by atoms with van der Waals surface area (Å²) in [6.07, 6.45) is 0. The molecule has 0 radical (unpaired) electrons. The van der Waals surface area contributed by atoms with E-state index in [0.29, 0.717) is 17.8 Å². The van der Waals surface area contributed by atoms with E-state index >= 15 is 0 Å². The van der Waals surface area contributed by atoms with Crippen molar-refractivity contribution in [1.29, 1.82) is 0 Å². The molecule has 0 aromatic heterocycles. The summed E-state index contributed by atoms with van der Waals surface area (Å²) in [5.74, 6) is 0.399. The molecule has 0 amide bonds. The van der Waals surface area contributed by atoms with E-state index in [1.807, 2.05) is 0 Å². The van der Waals surface area contributed by atoms with Crippen LogP contribution in [0.3, 0.4) is 0 Å². The normalized spacial score (nSPS) is 10.6. The van der Waals surface area contributed by atoms with Gasteiger partial charge in [0.05, 0.1) is 5.56 Å².